The highest BCUT2D eigenvalue weighted by Crippen LogP contribution is 2.22. The summed E-state index contributed by atoms with van der Waals surface area (Å²) in [6.07, 6.45) is 5.20. The Kier molecular flexibility index (Phi) is 6.06. The zero-order valence-corrected chi connectivity index (χ0v) is 13.2. The van der Waals surface area contributed by atoms with Gasteiger partial charge in [-0.25, -0.2) is 0 Å². The zero-order chi connectivity index (χ0) is 14.4. The highest BCUT2D eigenvalue weighted by molar-refractivity contribution is 5.22. The monoisotopic (exact) mass is 275 g/mol. The maximum absolute atomic E-state index is 5.75. The molecule has 0 amide bonds. The van der Waals surface area contributed by atoms with Crippen LogP contribution in [0, 0.1) is 12.8 Å². The minimum absolute atomic E-state index is 0.478. The fourth-order valence-corrected chi connectivity index (χ4v) is 3.08. The topological polar surface area (TPSA) is 21.3 Å². The summed E-state index contributed by atoms with van der Waals surface area (Å²) in [7, 11) is 0. The molecule has 1 heterocycles. The third kappa shape index (κ3) is 4.60. The van der Waals surface area contributed by atoms with Crippen LogP contribution in [0.25, 0.3) is 0 Å². The van der Waals surface area contributed by atoms with E-state index in [1.54, 1.807) is 0 Å². The molecule has 0 aromatic heterocycles. The van der Waals surface area contributed by atoms with E-state index >= 15 is 0 Å². The van der Waals surface area contributed by atoms with Crippen LogP contribution >= 0.6 is 0 Å². The molecule has 3 unspecified atom stereocenters. The lowest BCUT2D eigenvalue weighted by Crippen LogP contribution is -2.34. The van der Waals surface area contributed by atoms with Gasteiger partial charge < -0.3 is 10.1 Å². The van der Waals surface area contributed by atoms with Crippen molar-refractivity contribution in [2.45, 2.75) is 58.6 Å². The molecule has 112 valence electrons. The summed E-state index contributed by atoms with van der Waals surface area (Å²) >= 11 is 0. The molecule has 1 aliphatic heterocycles. The van der Waals surface area contributed by atoms with Crippen LogP contribution in [0.4, 0.5) is 0 Å². The van der Waals surface area contributed by atoms with Gasteiger partial charge in [0.25, 0.3) is 0 Å². The van der Waals surface area contributed by atoms with Gasteiger partial charge in [-0.05, 0) is 51.0 Å². The lowest BCUT2D eigenvalue weighted by atomic mass is 9.98. The molecule has 0 saturated carbocycles. The van der Waals surface area contributed by atoms with E-state index in [0.717, 1.165) is 26.0 Å². The number of rotatable bonds is 7. The Labute approximate surface area is 123 Å². The van der Waals surface area contributed by atoms with Crippen LogP contribution in [0.15, 0.2) is 24.3 Å². The van der Waals surface area contributed by atoms with Gasteiger partial charge in [-0.1, -0.05) is 36.8 Å². The van der Waals surface area contributed by atoms with E-state index in [1.165, 1.54) is 24.0 Å². The van der Waals surface area contributed by atoms with Crippen LogP contribution in [0.3, 0.4) is 0 Å². The van der Waals surface area contributed by atoms with Gasteiger partial charge in [0.05, 0.1) is 6.10 Å². The minimum atomic E-state index is 0.478. The molecular formula is C18H29NO. The average molecular weight is 275 g/mol. The van der Waals surface area contributed by atoms with E-state index in [2.05, 4.69) is 50.4 Å². The molecule has 1 saturated heterocycles. The largest absolute Gasteiger partial charge is 0.378 e. The lowest BCUT2D eigenvalue weighted by molar-refractivity contribution is 0.0867. The number of aryl methyl sites for hydroxylation is 2. The molecule has 1 N–H and O–H groups in total. The van der Waals surface area contributed by atoms with Crippen molar-refractivity contribution in [1.82, 2.24) is 5.32 Å². The van der Waals surface area contributed by atoms with E-state index in [1.807, 2.05) is 0 Å². The molecule has 2 rings (SSSR count). The van der Waals surface area contributed by atoms with Gasteiger partial charge in [0.15, 0.2) is 0 Å². The summed E-state index contributed by atoms with van der Waals surface area (Å²) in [4.78, 5) is 0. The van der Waals surface area contributed by atoms with Gasteiger partial charge in [-0.15, -0.1) is 0 Å². The van der Waals surface area contributed by atoms with E-state index < -0.39 is 0 Å². The Morgan fingerprint density at radius 1 is 1.40 bits per heavy atom. The van der Waals surface area contributed by atoms with Crippen LogP contribution in [0.5, 0.6) is 0 Å². The zero-order valence-electron chi connectivity index (χ0n) is 13.2. The number of nitrogens with one attached hydrogen (secondary N) is 1. The van der Waals surface area contributed by atoms with Crippen molar-refractivity contribution in [3.8, 4) is 0 Å². The molecule has 0 bridgehead atoms. The number of hydrogen-bond acceptors (Lipinski definition) is 2. The first kappa shape index (κ1) is 15.5. The van der Waals surface area contributed by atoms with Crippen molar-refractivity contribution < 1.29 is 4.74 Å². The Bertz CT molecular complexity index is 404. The normalized spacial score (nSPS) is 23.9. The average Bonchev–Trinajstić information content (AvgIpc) is 2.90. The van der Waals surface area contributed by atoms with Crippen LogP contribution in [0.1, 0.15) is 44.2 Å². The molecule has 20 heavy (non-hydrogen) atoms. The Morgan fingerprint density at radius 2 is 2.25 bits per heavy atom. The molecule has 0 radical (unpaired) electrons. The van der Waals surface area contributed by atoms with Gasteiger partial charge in [-0.2, -0.15) is 0 Å². The van der Waals surface area contributed by atoms with Crippen LogP contribution < -0.4 is 5.32 Å². The predicted molar refractivity (Wildman–Crippen MR) is 85.1 cm³/mol. The molecule has 1 fully saturated rings. The van der Waals surface area contributed by atoms with E-state index in [0.29, 0.717) is 18.1 Å². The molecule has 2 heteroatoms. The molecule has 0 aliphatic carbocycles. The van der Waals surface area contributed by atoms with Gasteiger partial charge >= 0.3 is 0 Å². The molecule has 2 nitrogen and oxygen atoms in total. The Balaban J connectivity index is 1.69. The summed E-state index contributed by atoms with van der Waals surface area (Å²) < 4.78 is 5.75. The smallest absolute Gasteiger partial charge is 0.0613 e. The van der Waals surface area contributed by atoms with Crippen molar-refractivity contribution in [2.24, 2.45) is 5.92 Å². The van der Waals surface area contributed by atoms with Crippen molar-refractivity contribution in [1.29, 1.82) is 0 Å². The van der Waals surface area contributed by atoms with Crippen molar-refractivity contribution in [3.05, 3.63) is 35.4 Å². The highest BCUT2D eigenvalue weighted by atomic mass is 16.5. The third-order valence-corrected chi connectivity index (χ3v) is 4.43. The lowest BCUT2D eigenvalue weighted by Gasteiger charge is -2.20. The highest BCUT2D eigenvalue weighted by Gasteiger charge is 2.26. The standard InChI is InChI=1S/C18H29NO/c1-4-18-17(10-11-20-18)13-19-15(3)8-9-16-7-5-6-14(2)12-16/h5-7,12,15,17-19H,4,8-11,13H2,1-3H3. The molecule has 1 aromatic carbocycles. The molecule has 3 atom stereocenters. The quantitative estimate of drug-likeness (QED) is 0.819. The molecule has 1 aromatic rings. The summed E-state index contributed by atoms with van der Waals surface area (Å²) in [6, 6.07) is 9.43. The third-order valence-electron chi connectivity index (χ3n) is 4.43. The maximum Gasteiger partial charge on any atom is 0.0613 e. The van der Waals surface area contributed by atoms with E-state index in [9.17, 15) is 0 Å². The Hall–Kier alpha value is -0.860. The minimum Gasteiger partial charge on any atom is -0.378 e. The fraction of sp³-hybridized carbons (Fsp3) is 0.667. The van der Waals surface area contributed by atoms with Gasteiger partial charge in [-0.3, -0.25) is 0 Å². The second kappa shape index (κ2) is 7.80. The predicted octanol–water partition coefficient (Wildman–Crippen LogP) is 3.72. The number of hydrogen-bond donors (Lipinski definition) is 1. The summed E-state index contributed by atoms with van der Waals surface area (Å²) in [6.45, 7) is 8.74. The first-order valence-corrected chi connectivity index (χ1v) is 8.09. The number of ether oxygens (including phenoxy) is 1. The molecule has 0 spiro atoms. The van der Waals surface area contributed by atoms with Crippen molar-refractivity contribution >= 4 is 0 Å². The van der Waals surface area contributed by atoms with Gasteiger partial charge in [0.2, 0.25) is 0 Å². The van der Waals surface area contributed by atoms with Crippen molar-refractivity contribution in [3.63, 3.8) is 0 Å². The number of benzene rings is 1. The SMILES string of the molecule is CCC1OCCC1CNC(C)CCc1cccc(C)c1. The second-order valence-electron chi connectivity index (χ2n) is 6.20. The summed E-state index contributed by atoms with van der Waals surface area (Å²) in [5.41, 5.74) is 2.81. The second-order valence-corrected chi connectivity index (χ2v) is 6.20. The van der Waals surface area contributed by atoms with Crippen molar-refractivity contribution in [2.75, 3.05) is 13.2 Å². The van der Waals surface area contributed by atoms with Gasteiger partial charge in [0.1, 0.15) is 0 Å². The Morgan fingerprint density at radius 3 is 3.00 bits per heavy atom. The van der Waals surface area contributed by atoms with Crippen LogP contribution in [-0.4, -0.2) is 25.3 Å². The molecular weight excluding hydrogens is 246 g/mol. The molecule has 1 aliphatic rings. The van der Waals surface area contributed by atoms with Crippen LogP contribution in [0.2, 0.25) is 0 Å². The van der Waals surface area contributed by atoms with Gasteiger partial charge in [0, 0.05) is 19.2 Å². The van der Waals surface area contributed by atoms with E-state index in [4.69, 9.17) is 4.74 Å². The fourth-order valence-electron chi connectivity index (χ4n) is 3.08. The van der Waals surface area contributed by atoms with E-state index in [-0.39, 0.29) is 0 Å². The maximum atomic E-state index is 5.75. The van der Waals surface area contributed by atoms with Crippen LogP contribution in [-0.2, 0) is 11.2 Å². The first-order chi connectivity index (χ1) is 9.69. The summed E-state index contributed by atoms with van der Waals surface area (Å²) in [5.74, 6) is 0.710. The first-order valence-electron chi connectivity index (χ1n) is 8.09. The summed E-state index contributed by atoms with van der Waals surface area (Å²) in [5, 5.41) is 3.69.